The lowest BCUT2D eigenvalue weighted by Crippen LogP contribution is -2.67. The van der Waals surface area contributed by atoms with Crippen LogP contribution in [-0.4, -0.2) is 39.4 Å². The highest BCUT2D eigenvalue weighted by molar-refractivity contribution is 5.84. The maximum Gasteiger partial charge on any atom is 0.302 e. The first-order valence-electron chi connectivity index (χ1n) is 20.4. The number of imidazole rings is 1. The normalized spacial score (nSPS) is 42.6. The van der Waals surface area contributed by atoms with Gasteiger partial charge in [-0.3, -0.25) is 9.59 Å². The number of carbonyl (C=O) groups is 2. The molecule has 6 aliphatic rings. The van der Waals surface area contributed by atoms with E-state index in [0.717, 1.165) is 75.0 Å². The van der Waals surface area contributed by atoms with Gasteiger partial charge in [0, 0.05) is 18.9 Å². The first-order valence-corrected chi connectivity index (χ1v) is 20.4. The van der Waals surface area contributed by atoms with Crippen LogP contribution >= 0.6 is 0 Å². The third kappa shape index (κ3) is 4.95. The highest BCUT2D eigenvalue weighted by Crippen LogP contribution is 2.78. The first kappa shape index (κ1) is 35.2. The Labute approximate surface area is 307 Å². The van der Waals surface area contributed by atoms with E-state index in [1.165, 1.54) is 31.3 Å². The monoisotopic (exact) mass is 693 g/mol. The largest absolute Gasteiger partial charge is 0.462 e. The van der Waals surface area contributed by atoms with E-state index in [9.17, 15) is 4.79 Å². The molecule has 1 aromatic heterocycles. The minimum Gasteiger partial charge on any atom is -0.462 e. The minimum atomic E-state index is -0.320. The zero-order valence-corrected chi connectivity index (χ0v) is 32.5. The van der Waals surface area contributed by atoms with Crippen molar-refractivity contribution in [1.29, 1.82) is 0 Å². The van der Waals surface area contributed by atoms with Gasteiger partial charge in [-0.25, -0.2) is 4.98 Å². The van der Waals surface area contributed by atoms with Crippen LogP contribution < -0.4 is 0 Å². The number of amides is 1. The number of fused-ring (bicyclic) bond motifs is 7. The summed E-state index contributed by atoms with van der Waals surface area (Å²) in [7, 11) is 0. The average molecular weight is 694 g/mol. The molecular weight excluding hydrogens is 631 g/mol. The molecule has 6 nitrogen and oxygen atoms in total. The SMILES string of the molecule is C=C(C)[C@@H]1CC[C@]2(C(=O)N3CCCC3c3ncc(-c4ccccc4)[nH]3)CC[C@]3(C)[C@H](CC[C@@H]4[C@@]5(C)CC[C@H](OC(C)=O)C(C)(C)[C@@H]5CC[C@]43C)[C@@H]12. The van der Waals surface area contributed by atoms with Crippen LogP contribution in [0.4, 0.5) is 0 Å². The summed E-state index contributed by atoms with van der Waals surface area (Å²) in [6.45, 7) is 22.0. The average Bonchev–Trinajstić information content (AvgIpc) is 3.85. The van der Waals surface area contributed by atoms with Gasteiger partial charge >= 0.3 is 5.97 Å². The first-order chi connectivity index (χ1) is 24.2. The number of likely N-dealkylation sites (tertiary alicyclic amines) is 1. The van der Waals surface area contributed by atoms with Crippen LogP contribution in [0, 0.1) is 56.7 Å². The van der Waals surface area contributed by atoms with Crippen LogP contribution in [0.5, 0.6) is 0 Å². The number of rotatable bonds is 5. The van der Waals surface area contributed by atoms with Crippen molar-refractivity contribution in [3.63, 3.8) is 0 Å². The Balaban J connectivity index is 1.11. The van der Waals surface area contributed by atoms with Gasteiger partial charge in [0.05, 0.1) is 23.3 Å². The number of hydrogen-bond acceptors (Lipinski definition) is 4. The van der Waals surface area contributed by atoms with Crippen LogP contribution in [0.25, 0.3) is 11.3 Å². The van der Waals surface area contributed by atoms with Crippen molar-refractivity contribution in [2.75, 3.05) is 6.54 Å². The van der Waals surface area contributed by atoms with Crippen molar-refractivity contribution < 1.29 is 14.3 Å². The second-order valence-corrected chi connectivity index (χ2v) is 19.5. The van der Waals surface area contributed by atoms with Crippen molar-refractivity contribution >= 4 is 11.9 Å². The van der Waals surface area contributed by atoms with Gasteiger partial charge in [0.2, 0.25) is 5.91 Å². The summed E-state index contributed by atoms with van der Waals surface area (Å²) in [5.74, 6) is 3.64. The number of carbonyl (C=O) groups excluding carboxylic acids is 2. The van der Waals surface area contributed by atoms with E-state index in [4.69, 9.17) is 9.72 Å². The van der Waals surface area contributed by atoms with Gasteiger partial charge in [0.25, 0.3) is 0 Å². The second kappa shape index (κ2) is 12.1. The van der Waals surface area contributed by atoms with Gasteiger partial charge in [-0.2, -0.15) is 0 Å². The summed E-state index contributed by atoms with van der Waals surface area (Å²) in [6.07, 6.45) is 15.1. The van der Waals surface area contributed by atoms with Crippen molar-refractivity contribution in [2.45, 2.75) is 138 Å². The molecule has 2 heterocycles. The third-order valence-electron chi connectivity index (χ3n) is 17.2. The third-order valence-corrected chi connectivity index (χ3v) is 17.2. The van der Waals surface area contributed by atoms with E-state index in [1.807, 2.05) is 12.3 Å². The zero-order valence-electron chi connectivity index (χ0n) is 32.5. The lowest BCUT2D eigenvalue weighted by Gasteiger charge is -2.73. The highest BCUT2D eigenvalue weighted by atomic mass is 16.5. The Morgan fingerprint density at radius 1 is 0.863 bits per heavy atom. The summed E-state index contributed by atoms with van der Waals surface area (Å²) in [6, 6.07) is 10.4. The van der Waals surface area contributed by atoms with Gasteiger partial charge < -0.3 is 14.6 Å². The number of ether oxygens (including phenoxy) is 1. The standard InChI is InChI=1S/C45H63N3O3/c1-28(2)31-18-23-45(40(50)48-26-12-15-34(48)39-46-27-33(47-39)30-13-10-9-11-14-30)25-24-43(7)32(38(31)45)16-17-36-42(6)21-20-37(51-29(3)49)41(4,5)35(42)19-22-44(36,43)8/h9-11,13-14,27,31-32,34-38H,1,12,15-26H2,2-8H3,(H,46,47)/t31-,32+,34?,35-,36+,37-,38+,42-,43+,44+,45-/m0/s1. The Morgan fingerprint density at radius 3 is 2.35 bits per heavy atom. The number of esters is 1. The van der Waals surface area contributed by atoms with Crippen molar-refractivity contribution in [3.8, 4) is 11.3 Å². The molecule has 1 unspecified atom stereocenters. The van der Waals surface area contributed by atoms with Gasteiger partial charge in [0.1, 0.15) is 11.9 Å². The van der Waals surface area contributed by atoms with Crippen molar-refractivity contribution in [3.05, 3.63) is 54.5 Å². The van der Waals surface area contributed by atoms with E-state index in [2.05, 4.69) is 82.3 Å². The molecule has 1 saturated heterocycles. The lowest BCUT2D eigenvalue weighted by molar-refractivity contribution is -0.249. The van der Waals surface area contributed by atoms with Crippen LogP contribution in [-0.2, 0) is 14.3 Å². The number of benzene rings is 1. The van der Waals surface area contributed by atoms with Crippen LogP contribution in [0.3, 0.4) is 0 Å². The highest BCUT2D eigenvalue weighted by Gasteiger charge is 2.72. The Kier molecular flexibility index (Phi) is 8.32. The van der Waals surface area contributed by atoms with Crippen LogP contribution in [0.15, 0.2) is 48.7 Å². The molecule has 51 heavy (non-hydrogen) atoms. The molecule has 5 aliphatic carbocycles. The smallest absolute Gasteiger partial charge is 0.302 e. The summed E-state index contributed by atoms with van der Waals surface area (Å²) >= 11 is 0. The molecule has 6 fully saturated rings. The summed E-state index contributed by atoms with van der Waals surface area (Å²) in [5.41, 5.74) is 3.68. The van der Waals surface area contributed by atoms with E-state index < -0.39 is 0 Å². The molecule has 1 N–H and O–H groups in total. The number of hydrogen-bond donors (Lipinski definition) is 1. The summed E-state index contributed by atoms with van der Waals surface area (Å²) in [4.78, 5) is 38.3. The fraction of sp³-hybridized carbons (Fsp3) is 0.711. The number of H-pyrrole nitrogens is 1. The predicted octanol–water partition coefficient (Wildman–Crippen LogP) is 10.3. The maximum atomic E-state index is 15.4. The molecule has 1 amide bonds. The predicted molar refractivity (Wildman–Crippen MR) is 202 cm³/mol. The molecule has 1 aromatic carbocycles. The number of aromatic amines is 1. The molecule has 2 aromatic rings. The van der Waals surface area contributed by atoms with E-state index in [1.54, 1.807) is 6.92 Å². The van der Waals surface area contributed by atoms with Crippen LogP contribution in [0.2, 0.25) is 0 Å². The van der Waals surface area contributed by atoms with E-state index in [-0.39, 0.29) is 45.2 Å². The fourth-order valence-corrected chi connectivity index (χ4v) is 14.7. The summed E-state index contributed by atoms with van der Waals surface area (Å²) in [5, 5.41) is 0. The summed E-state index contributed by atoms with van der Waals surface area (Å²) < 4.78 is 5.99. The molecule has 5 saturated carbocycles. The second-order valence-electron chi connectivity index (χ2n) is 19.5. The van der Waals surface area contributed by atoms with E-state index >= 15 is 4.79 Å². The molecule has 276 valence electrons. The molecule has 11 atom stereocenters. The Hall–Kier alpha value is -2.89. The molecule has 0 bridgehead atoms. The molecular formula is C45H63N3O3. The molecule has 0 spiro atoms. The topological polar surface area (TPSA) is 75.3 Å². The molecule has 6 heteroatoms. The zero-order chi connectivity index (χ0) is 36.1. The Bertz CT molecular complexity index is 1700. The van der Waals surface area contributed by atoms with Crippen LogP contribution in [0.1, 0.15) is 137 Å². The van der Waals surface area contributed by atoms with Crippen molar-refractivity contribution in [2.24, 2.45) is 56.7 Å². The molecule has 1 aliphatic heterocycles. The number of nitrogens with one attached hydrogen (secondary N) is 1. The van der Waals surface area contributed by atoms with Gasteiger partial charge in [-0.15, -0.1) is 0 Å². The number of nitrogens with zero attached hydrogens (tertiary/aromatic N) is 2. The fourth-order valence-electron chi connectivity index (χ4n) is 14.7. The molecule has 8 rings (SSSR count). The number of allylic oxidation sites excluding steroid dienone is 1. The quantitative estimate of drug-likeness (QED) is 0.250. The van der Waals surface area contributed by atoms with Gasteiger partial charge in [-0.1, -0.05) is 77.1 Å². The Morgan fingerprint density at radius 2 is 1.63 bits per heavy atom. The molecule has 0 radical (unpaired) electrons. The number of aromatic nitrogens is 2. The lowest BCUT2D eigenvalue weighted by atomic mass is 9.32. The minimum absolute atomic E-state index is 0.000924. The van der Waals surface area contributed by atoms with Crippen molar-refractivity contribution in [1.82, 2.24) is 14.9 Å². The van der Waals surface area contributed by atoms with E-state index in [0.29, 0.717) is 35.5 Å². The van der Waals surface area contributed by atoms with Gasteiger partial charge in [-0.05, 0) is 135 Å². The maximum absolute atomic E-state index is 15.4. The van der Waals surface area contributed by atoms with Gasteiger partial charge in [0.15, 0.2) is 0 Å².